The lowest BCUT2D eigenvalue weighted by Gasteiger charge is -2.14. The molecule has 0 N–H and O–H groups in total. The van der Waals surface area contributed by atoms with Crippen molar-refractivity contribution in [1.29, 1.82) is 0 Å². The van der Waals surface area contributed by atoms with E-state index in [2.05, 4.69) is 0 Å². The molecule has 2 aromatic carbocycles. The quantitative estimate of drug-likeness (QED) is 0.573. The molecule has 0 fully saturated rings. The van der Waals surface area contributed by atoms with Gasteiger partial charge in [0.1, 0.15) is 0 Å². The maximum atomic E-state index is 12.5. The maximum absolute atomic E-state index is 12.5. The van der Waals surface area contributed by atoms with E-state index in [1.807, 2.05) is 12.1 Å². The Morgan fingerprint density at radius 2 is 1.83 bits per heavy atom. The van der Waals surface area contributed by atoms with Gasteiger partial charge in [-0.2, -0.15) is 0 Å². The van der Waals surface area contributed by atoms with Crippen LogP contribution in [0.5, 0.6) is 0 Å². The van der Waals surface area contributed by atoms with E-state index in [4.69, 9.17) is 27.9 Å². The van der Waals surface area contributed by atoms with Crippen molar-refractivity contribution in [2.45, 2.75) is 32.3 Å². The number of ketones is 1. The van der Waals surface area contributed by atoms with Crippen molar-refractivity contribution in [2.75, 3.05) is 0 Å². The number of carbonyl (C=O) groups is 2. The lowest BCUT2D eigenvalue weighted by molar-refractivity contribution is 0.0319. The van der Waals surface area contributed by atoms with E-state index >= 15 is 0 Å². The summed E-state index contributed by atoms with van der Waals surface area (Å²) in [5, 5.41) is 0.394. The molecule has 3 nitrogen and oxygen atoms in total. The van der Waals surface area contributed by atoms with Crippen LogP contribution in [0.3, 0.4) is 0 Å². The summed E-state index contributed by atoms with van der Waals surface area (Å²) in [6.45, 7) is 1.56. The molecule has 5 heteroatoms. The van der Waals surface area contributed by atoms with Crippen LogP contribution in [0.2, 0.25) is 10.0 Å². The normalized spacial score (nSPS) is 14.1. The minimum Gasteiger partial charge on any atom is -0.451 e. The molecule has 0 heterocycles. The molecule has 0 saturated carbocycles. The summed E-state index contributed by atoms with van der Waals surface area (Å²) in [6.07, 6.45) is 2.27. The second kappa shape index (κ2) is 6.96. The Balaban J connectivity index is 1.74. The summed E-state index contributed by atoms with van der Waals surface area (Å²) >= 11 is 11.9. The van der Waals surface area contributed by atoms with Crippen molar-refractivity contribution >= 4 is 35.0 Å². The molecule has 3 rings (SSSR count). The minimum absolute atomic E-state index is 0.126. The van der Waals surface area contributed by atoms with Gasteiger partial charge in [-0.25, -0.2) is 4.79 Å². The van der Waals surface area contributed by atoms with Gasteiger partial charge in [0, 0.05) is 5.56 Å². The zero-order valence-corrected chi connectivity index (χ0v) is 14.7. The topological polar surface area (TPSA) is 43.4 Å². The summed E-state index contributed by atoms with van der Waals surface area (Å²) in [5.74, 6) is -0.888. The van der Waals surface area contributed by atoms with Crippen LogP contribution in [0.4, 0.5) is 0 Å². The lowest BCUT2D eigenvalue weighted by atomic mass is 10.0. The third-order valence-corrected chi connectivity index (χ3v) is 5.03. The van der Waals surface area contributed by atoms with Crippen molar-refractivity contribution < 1.29 is 14.3 Å². The Kier molecular flexibility index (Phi) is 4.93. The van der Waals surface area contributed by atoms with Crippen LogP contribution in [0.15, 0.2) is 36.4 Å². The molecule has 24 heavy (non-hydrogen) atoms. The molecule has 1 aliphatic rings. The predicted molar refractivity (Wildman–Crippen MR) is 94.1 cm³/mol. The molecule has 1 aliphatic carbocycles. The van der Waals surface area contributed by atoms with Gasteiger partial charge in [-0.15, -0.1) is 0 Å². The molecule has 124 valence electrons. The Morgan fingerprint density at radius 3 is 2.62 bits per heavy atom. The summed E-state index contributed by atoms with van der Waals surface area (Å²) in [6, 6.07) is 10.4. The van der Waals surface area contributed by atoms with Crippen LogP contribution in [0.1, 0.15) is 45.2 Å². The minimum atomic E-state index is -0.896. The molecule has 0 amide bonds. The van der Waals surface area contributed by atoms with Crippen LogP contribution < -0.4 is 0 Å². The zero-order chi connectivity index (χ0) is 17.3. The van der Waals surface area contributed by atoms with Crippen molar-refractivity contribution in [1.82, 2.24) is 0 Å². The largest absolute Gasteiger partial charge is 0.451 e. The van der Waals surface area contributed by atoms with Gasteiger partial charge in [-0.1, -0.05) is 41.4 Å². The lowest BCUT2D eigenvalue weighted by Crippen LogP contribution is -2.24. The first-order valence-corrected chi connectivity index (χ1v) is 8.54. The molecular formula is C19H16Cl2O3. The van der Waals surface area contributed by atoms with Crippen molar-refractivity contribution in [3.05, 3.63) is 68.7 Å². The fourth-order valence-corrected chi connectivity index (χ4v) is 3.28. The first-order valence-electron chi connectivity index (χ1n) is 7.78. The maximum Gasteiger partial charge on any atom is 0.340 e. The molecule has 0 saturated heterocycles. The van der Waals surface area contributed by atoms with Gasteiger partial charge >= 0.3 is 5.97 Å². The van der Waals surface area contributed by atoms with Crippen LogP contribution >= 0.6 is 23.2 Å². The third kappa shape index (κ3) is 3.33. The molecule has 0 aromatic heterocycles. The van der Waals surface area contributed by atoms with Gasteiger partial charge in [0.25, 0.3) is 0 Å². The average Bonchev–Trinajstić information content (AvgIpc) is 3.04. The van der Waals surface area contributed by atoms with Crippen LogP contribution in [0.25, 0.3) is 0 Å². The monoisotopic (exact) mass is 362 g/mol. The number of ether oxygens (including phenoxy) is 1. The summed E-state index contributed by atoms with van der Waals surface area (Å²) in [5.41, 5.74) is 3.21. The molecule has 1 atom stereocenters. The average molecular weight is 363 g/mol. The highest BCUT2D eigenvalue weighted by molar-refractivity contribution is 6.43. The summed E-state index contributed by atoms with van der Waals surface area (Å²) in [7, 11) is 0. The van der Waals surface area contributed by atoms with E-state index in [1.165, 1.54) is 17.2 Å². The number of hydrogen-bond donors (Lipinski definition) is 0. The van der Waals surface area contributed by atoms with E-state index in [-0.39, 0.29) is 21.4 Å². The number of rotatable bonds is 4. The zero-order valence-electron chi connectivity index (χ0n) is 13.1. The number of hydrogen-bond acceptors (Lipinski definition) is 3. The van der Waals surface area contributed by atoms with Gasteiger partial charge in [0.15, 0.2) is 6.10 Å². The highest BCUT2D eigenvalue weighted by Crippen LogP contribution is 2.27. The number of halogens is 2. The Labute approximate surface area is 150 Å². The SMILES string of the molecule is C[C@H](OC(=O)c1cccc(Cl)c1Cl)C(=O)c1ccc2c(c1)CCC2. The summed E-state index contributed by atoms with van der Waals surface area (Å²) < 4.78 is 5.28. The second-order valence-electron chi connectivity index (χ2n) is 5.85. The van der Waals surface area contributed by atoms with E-state index in [9.17, 15) is 9.59 Å². The standard InChI is InChI=1S/C19H16Cl2O3/c1-11(24-19(23)15-6-3-7-16(20)17(15)21)18(22)14-9-8-12-4-2-5-13(12)10-14/h3,6-11H,2,4-5H2,1H3/t11-/m0/s1. The Hall–Kier alpha value is -1.84. The van der Waals surface area contributed by atoms with Crippen LogP contribution in [-0.4, -0.2) is 17.9 Å². The number of fused-ring (bicyclic) bond motifs is 1. The number of benzene rings is 2. The van der Waals surface area contributed by atoms with Gasteiger partial charge < -0.3 is 4.74 Å². The fraction of sp³-hybridized carbons (Fsp3) is 0.263. The van der Waals surface area contributed by atoms with Gasteiger partial charge in [0.05, 0.1) is 15.6 Å². The van der Waals surface area contributed by atoms with Gasteiger partial charge in [0.2, 0.25) is 5.78 Å². The number of aryl methyl sites for hydroxylation is 2. The molecule has 2 aromatic rings. The molecule has 0 radical (unpaired) electrons. The summed E-state index contributed by atoms with van der Waals surface area (Å²) in [4.78, 5) is 24.8. The third-order valence-electron chi connectivity index (χ3n) is 4.21. The molecule has 0 unspecified atom stereocenters. The number of Topliss-reactive ketones (excluding diaryl/α,β-unsaturated/α-hetero) is 1. The Bertz CT molecular complexity index is 814. The van der Waals surface area contributed by atoms with Crippen molar-refractivity contribution in [3.63, 3.8) is 0 Å². The highest BCUT2D eigenvalue weighted by atomic mass is 35.5. The van der Waals surface area contributed by atoms with Crippen LogP contribution in [0, 0.1) is 0 Å². The highest BCUT2D eigenvalue weighted by Gasteiger charge is 2.23. The van der Waals surface area contributed by atoms with E-state index < -0.39 is 12.1 Å². The van der Waals surface area contributed by atoms with Crippen molar-refractivity contribution in [3.8, 4) is 0 Å². The molecular weight excluding hydrogens is 347 g/mol. The van der Waals surface area contributed by atoms with Gasteiger partial charge in [-0.05, 0) is 55.5 Å². The van der Waals surface area contributed by atoms with Crippen molar-refractivity contribution in [2.24, 2.45) is 0 Å². The van der Waals surface area contributed by atoms with Gasteiger partial charge in [-0.3, -0.25) is 4.79 Å². The molecule has 0 aliphatic heterocycles. The molecule has 0 spiro atoms. The van der Waals surface area contributed by atoms with E-state index in [0.29, 0.717) is 5.56 Å². The fourth-order valence-electron chi connectivity index (χ4n) is 2.90. The van der Waals surface area contributed by atoms with Crippen LogP contribution in [-0.2, 0) is 17.6 Å². The smallest absolute Gasteiger partial charge is 0.340 e. The molecule has 0 bridgehead atoms. The number of carbonyl (C=O) groups excluding carboxylic acids is 2. The first-order chi connectivity index (χ1) is 11.5. The predicted octanol–water partition coefficient (Wildman–Crippen LogP) is 4.91. The first kappa shape index (κ1) is 17.0. The Morgan fingerprint density at radius 1 is 1.08 bits per heavy atom. The van der Waals surface area contributed by atoms with E-state index in [0.717, 1.165) is 19.3 Å². The second-order valence-corrected chi connectivity index (χ2v) is 6.64. The van der Waals surface area contributed by atoms with E-state index in [1.54, 1.807) is 25.1 Å². The number of esters is 1.